The highest BCUT2D eigenvalue weighted by Gasteiger charge is 2.21. The van der Waals surface area contributed by atoms with Crippen molar-refractivity contribution in [1.29, 1.82) is 0 Å². The van der Waals surface area contributed by atoms with Gasteiger partial charge in [-0.15, -0.1) is 0 Å². The van der Waals surface area contributed by atoms with Gasteiger partial charge in [0, 0.05) is 11.1 Å². The van der Waals surface area contributed by atoms with Gasteiger partial charge in [-0.2, -0.15) is 0 Å². The predicted octanol–water partition coefficient (Wildman–Crippen LogP) is 3.28. The monoisotopic (exact) mass is 263 g/mol. The van der Waals surface area contributed by atoms with Crippen LogP contribution in [0.5, 0.6) is 5.75 Å². The van der Waals surface area contributed by atoms with E-state index in [0.29, 0.717) is 11.1 Å². The summed E-state index contributed by atoms with van der Waals surface area (Å²) in [6.45, 7) is 0. The van der Waals surface area contributed by atoms with Crippen LogP contribution in [0.25, 0.3) is 0 Å². The van der Waals surface area contributed by atoms with E-state index < -0.39 is 11.9 Å². The average molecular weight is 263 g/mol. The minimum absolute atomic E-state index is 0.147. The topological polar surface area (TPSA) is 21.3 Å². The van der Waals surface area contributed by atoms with E-state index in [4.69, 9.17) is 4.74 Å². The molecule has 0 amide bonds. The van der Waals surface area contributed by atoms with E-state index in [1.807, 2.05) is 0 Å². The lowest BCUT2D eigenvalue weighted by Crippen LogP contribution is -2.20. The fourth-order valence-electron chi connectivity index (χ4n) is 2.10. The summed E-state index contributed by atoms with van der Waals surface area (Å²) in [4.78, 5) is 0. The van der Waals surface area contributed by atoms with Crippen molar-refractivity contribution in [1.82, 2.24) is 5.32 Å². The zero-order valence-corrected chi connectivity index (χ0v) is 10.8. The van der Waals surface area contributed by atoms with Crippen molar-refractivity contribution < 1.29 is 13.5 Å². The molecule has 2 rings (SSSR count). The number of halogens is 2. The molecule has 2 aromatic carbocycles. The fraction of sp³-hybridized carbons (Fsp3) is 0.200. The smallest absolute Gasteiger partial charge is 0.170 e. The first-order valence-corrected chi connectivity index (χ1v) is 5.93. The summed E-state index contributed by atoms with van der Waals surface area (Å²) in [5.74, 6) is -0.703. The Kier molecular flexibility index (Phi) is 4.12. The van der Waals surface area contributed by atoms with Crippen molar-refractivity contribution in [3.8, 4) is 5.75 Å². The van der Waals surface area contributed by atoms with Gasteiger partial charge in [0.2, 0.25) is 0 Å². The molecule has 19 heavy (non-hydrogen) atoms. The summed E-state index contributed by atoms with van der Waals surface area (Å²) < 4.78 is 33.0. The second-order valence-corrected chi connectivity index (χ2v) is 4.11. The zero-order valence-electron chi connectivity index (χ0n) is 10.8. The summed E-state index contributed by atoms with van der Waals surface area (Å²) in [6.07, 6.45) is 0. The molecule has 0 aliphatic heterocycles. The maximum Gasteiger partial charge on any atom is 0.170 e. The van der Waals surface area contributed by atoms with E-state index >= 15 is 0 Å². The summed E-state index contributed by atoms with van der Waals surface area (Å²) >= 11 is 0. The molecule has 1 unspecified atom stereocenters. The van der Waals surface area contributed by atoms with Gasteiger partial charge in [0.15, 0.2) is 11.6 Å². The van der Waals surface area contributed by atoms with Gasteiger partial charge in [-0.05, 0) is 19.2 Å². The maximum absolute atomic E-state index is 14.2. The molecule has 0 spiro atoms. The van der Waals surface area contributed by atoms with Crippen molar-refractivity contribution >= 4 is 0 Å². The second-order valence-electron chi connectivity index (χ2n) is 4.11. The third kappa shape index (κ3) is 2.58. The third-order valence-electron chi connectivity index (χ3n) is 3.03. The Balaban J connectivity index is 2.52. The molecule has 0 fully saturated rings. The maximum atomic E-state index is 14.2. The van der Waals surface area contributed by atoms with Crippen LogP contribution in [0.1, 0.15) is 17.2 Å². The molecule has 0 aromatic heterocycles. The molecule has 0 saturated carbocycles. The van der Waals surface area contributed by atoms with Crippen molar-refractivity contribution in [2.24, 2.45) is 0 Å². The van der Waals surface area contributed by atoms with E-state index in [0.717, 1.165) is 0 Å². The van der Waals surface area contributed by atoms with E-state index in [1.54, 1.807) is 37.4 Å². The third-order valence-corrected chi connectivity index (χ3v) is 3.03. The number of benzene rings is 2. The largest absolute Gasteiger partial charge is 0.494 e. The molecular weight excluding hydrogens is 248 g/mol. The first-order valence-electron chi connectivity index (χ1n) is 5.93. The van der Waals surface area contributed by atoms with Gasteiger partial charge >= 0.3 is 0 Å². The molecule has 2 aromatic rings. The van der Waals surface area contributed by atoms with Crippen LogP contribution in [0.15, 0.2) is 42.5 Å². The fourth-order valence-corrected chi connectivity index (χ4v) is 2.10. The standard InChI is InChI=1S/C15H15F2NO/c1-18-15(10-6-3-4-8-12(10)16)11-7-5-9-13(19-2)14(11)17/h3-9,15,18H,1-2H3. The molecule has 0 radical (unpaired) electrons. The zero-order chi connectivity index (χ0) is 13.8. The normalized spacial score (nSPS) is 12.2. The number of rotatable bonds is 4. The summed E-state index contributed by atoms with van der Waals surface area (Å²) in [5, 5.41) is 2.93. The Hall–Kier alpha value is -1.94. The van der Waals surface area contributed by atoms with Gasteiger partial charge in [0.05, 0.1) is 13.2 Å². The van der Waals surface area contributed by atoms with Crippen LogP contribution < -0.4 is 10.1 Å². The highest BCUT2D eigenvalue weighted by molar-refractivity contribution is 5.38. The number of methoxy groups -OCH3 is 1. The molecule has 0 saturated heterocycles. The molecular formula is C15H15F2NO. The number of nitrogens with one attached hydrogen (secondary N) is 1. The van der Waals surface area contributed by atoms with Gasteiger partial charge in [-0.3, -0.25) is 0 Å². The minimum Gasteiger partial charge on any atom is -0.494 e. The van der Waals surface area contributed by atoms with Crippen LogP contribution in [0.4, 0.5) is 8.78 Å². The highest BCUT2D eigenvalue weighted by Crippen LogP contribution is 2.30. The van der Waals surface area contributed by atoms with Crippen LogP contribution in [-0.2, 0) is 0 Å². The first-order chi connectivity index (χ1) is 9.19. The van der Waals surface area contributed by atoms with Crippen molar-refractivity contribution in [3.05, 3.63) is 65.2 Å². The Morgan fingerprint density at radius 3 is 2.32 bits per heavy atom. The quantitative estimate of drug-likeness (QED) is 0.914. The van der Waals surface area contributed by atoms with Crippen molar-refractivity contribution in [2.75, 3.05) is 14.2 Å². The molecule has 4 heteroatoms. The molecule has 0 bridgehead atoms. The number of hydrogen-bond donors (Lipinski definition) is 1. The van der Waals surface area contributed by atoms with Crippen LogP contribution in [-0.4, -0.2) is 14.2 Å². The molecule has 100 valence electrons. The molecule has 0 heterocycles. The van der Waals surface area contributed by atoms with Crippen molar-refractivity contribution in [2.45, 2.75) is 6.04 Å². The van der Waals surface area contributed by atoms with E-state index in [1.165, 1.54) is 19.2 Å². The summed E-state index contributed by atoms with van der Waals surface area (Å²) in [7, 11) is 3.07. The molecule has 1 atom stereocenters. The lowest BCUT2D eigenvalue weighted by molar-refractivity contribution is 0.382. The van der Waals surface area contributed by atoms with Crippen LogP contribution in [0.3, 0.4) is 0 Å². The SMILES string of the molecule is CNC(c1ccccc1F)c1cccc(OC)c1F. The lowest BCUT2D eigenvalue weighted by Gasteiger charge is -2.19. The van der Waals surface area contributed by atoms with Crippen molar-refractivity contribution in [3.63, 3.8) is 0 Å². The van der Waals surface area contributed by atoms with Gasteiger partial charge in [0.25, 0.3) is 0 Å². The minimum atomic E-state index is -0.559. The molecule has 0 aliphatic rings. The Labute approximate surface area is 111 Å². The van der Waals surface area contributed by atoms with Gasteiger partial charge in [0.1, 0.15) is 5.82 Å². The van der Waals surface area contributed by atoms with Crippen LogP contribution >= 0.6 is 0 Å². The van der Waals surface area contributed by atoms with Gasteiger partial charge < -0.3 is 10.1 Å². The summed E-state index contributed by atoms with van der Waals surface area (Å²) in [5.41, 5.74) is 0.754. The lowest BCUT2D eigenvalue weighted by atomic mass is 9.97. The molecule has 0 aliphatic carbocycles. The van der Waals surface area contributed by atoms with E-state index in [-0.39, 0.29) is 11.6 Å². The first kappa shape index (κ1) is 13.5. The van der Waals surface area contributed by atoms with E-state index in [9.17, 15) is 8.78 Å². The molecule has 1 N–H and O–H groups in total. The predicted molar refractivity (Wildman–Crippen MR) is 70.3 cm³/mol. The van der Waals surface area contributed by atoms with Crippen LogP contribution in [0, 0.1) is 11.6 Å². The summed E-state index contributed by atoms with van der Waals surface area (Å²) in [6, 6.07) is 10.6. The van der Waals surface area contributed by atoms with Gasteiger partial charge in [-0.25, -0.2) is 8.78 Å². The van der Waals surface area contributed by atoms with E-state index in [2.05, 4.69) is 5.32 Å². The Morgan fingerprint density at radius 2 is 1.68 bits per heavy atom. The average Bonchev–Trinajstić information content (AvgIpc) is 2.43. The van der Waals surface area contributed by atoms with Gasteiger partial charge in [-0.1, -0.05) is 30.3 Å². The van der Waals surface area contributed by atoms with Crippen LogP contribution in [0.2, 0.25) is 0 Å². The number of hydrogen-bond acceptors (Lipinski definition) is 2. The highest BCUT2D eigenvalue weighted by atomic mass is 19.1. The Bertz CT molecular complexity index is 572. The second kappa shape index (κ2) is 5.80. The number of ether oxygens (including phenoxy) is 1. The molecule has 2 nitrogen and oxygen atoms in total. The Morgan fingerprint density at radius 1 is 1.00 bits per heavy atom.